The summed E-state index contributed by atoms with van der Waals surface area (Å²) in [7, 11) is 1.57. The number of nitrogens with zero attached hydrogens (tertiary/aromatic N) is 4. The number of benzene rings is 1. The van der Waals surface area contributed by atoms with E-state index in [4.69, 9.17) is 9.47 Å². The number of anilines is 1. The SMILES string of the molecule is CC/C=C(/C)O/C(=C/CC)C(C)Nc1ncnc2c(OC)cc(-c3ncc(F)cn3)cc12. The highest BCUT2D eigenvalue weighted by Gasteiger charge is 2.17. The van der Waals surface area contributed by atoms with Crippen LogP contribution in [0.2, 0.25) is 0 Å². The van der Waals surface area contributed by atoms with Crippen LogP contribution >= 0.6 is 0 Å². The summed E-state index contributed by atoms with van der Waals surface area (Å²) in [5.74, 6) is 2.71. The van der Waals surface area contributed by atoms with Crippen LogP contribution in [0.5, 0.6) is 5.75 Å². The normalized spacial score (nSPS) is 13.2. The number of hydrogen-bond donors (Lipinski definition) is 1. The molecule has 1 atom stereocenters. The first-order chi connectivity index (χ1) is 15.5. The number of methoxy groups -OCH3 is 1. The van der Waals surface area contributed by atoms with E-state index in [2.05, 4.69) is 39.1 Å². The summed E-state index contributed by atoms with van der Waals surface area (Å²) in [6.45, 7) is 8.09. The second-order valence-corrected chi connectivity index (χ2v) is 7.23. The third-order valence-electron chi connectivity index (χ3n) is 4.76. The maximum Gasteiger partial charge on any atom is 0.159 e. The van der Waals surface area contributed by atoms with Gasteiger partial charge in [0.25, 0.3) is 0 Å². The van der Waals surface area contributed by atoms with E-state index in [1.54, 1.807) is 13.2 Å². The molecule has 2 heterocycles. The lowest BCUT2D eigenvalue weighted by Gasteiger charge is -2.20. The van der Waals surface area contributed by atoms with Gasteiger partial charge in [0.15, 0.2) is 11.6 Å². The van der Waals surface area contributed by atoms with Gasteiger partial charge in [-0.3, -0.25) is 0 Å². The fraction of sp³-hybridized carbons (Fsp3) is 0.333. The fourth-order valence-corrected chi connectivity index (χ4v) is 3.30. The Morgan fingerprint density at radius 2 is 1.81 bits per heavy atom. The van der Waals surface area contributed by atoms with Crippen LogP contribution in [0, 0.1) is 5.82 Å². The van der Waals surface area contributed by atoms with Gasteiger partial charge in [0.1, 0.15) is 29.2 Å². The lowest BCUT2D eigenvalue weighted by Crippen LogP contribution is -2.21. The molecule has 8 heteroatoms. The van der Waals surface area contributed by atoms with Crippen molar-refractivity contribution in [3.8, 4) is 17.1 Å². The Kier molecular flexibility index (Phi) is 7.70. The lowest BCUT2D eigenvalue weighted by atomic mass is 10.1. The number of fused-ring (bicyclic) bond motifs is 1. The first-order valence-corrected chi connectivity index (χ1v) is 10.6. The van der Waals surface area contributed by atoms with Gasteiger partial charge in [-0.15, -0.1) is 0 Å². The highest BCUT2D eigenvalue weighted by molar-refractivity contribution is 5.96. The minimum absolute atomic E-state index is 0.148. The molecule has 7 nitrogen and oxygen atoms in total. The van der Waals surface area contributed by atoms with Gasteiger partial charge in [-0.2, -0.15) is 0 Å². The number of nitrogens with one attached hydrogen (secondary N) is 1. The second kappa shape index (κ2) is 10.7. The molecule has 0 radical (unpaired) electrons. The summed E-state index contributed by atoms with van der Waals surface area (Å²) < 4.78 is 24.9. The highest BCUT2D eigenvalue weighted by Crippen LogP contribution is 2.33. The molecule has 2 aromatic heterocycles. The molecule has 0 amide bonds. The van der Waals surface area contributed by atoms with E-state index in [0.29, 0.717) is 28.5 Å². The molecular formula is C24H28FN5O2. The summed E-state index contributed by atoms with van der Waals surface area (Å²) in [6.07, 6.45) is 9.58. The van der Waals surface area contributed by atoms with E-state index in [1.807, 2.05) is 32.1 Å². The van der Waals surface area contributed by atoms with Crippen LogP contribution in [-0.4, -0.2) is 33.1 Å². The van der Waals surface area contributed by atoms with Crippen molar-refractivity contribution in [1.29, 1.82) is 0 Å². The number of halogens is 1. The largest absolute Gasteiger partial charge is 0.494 e. The number of allylic oxidation sites excluding steroid dienone is 3. The first kappa shape index (κ1) is 23.1. The van der Waals surface area contributed by atoms with E-state index in [-0.39, 0.29) is 6.04 Å². The molecule has 0 saturated heterocycles. The summed E-state index contributed by atoms with van der Waals surface area (Å²) in [5.41, 5.74) is 1.31. The van der Waals surface area contributed by atoms with Gasteiger partial charge >= 0.3 is 0 Å². The molecule has 3 rings (SSSR count). The summed E-state index contributed by atoms with van der Waals surface area (Å²) in [5, 5.41) is 4.16. The van der Waals surface area contributed by atoms with Crippen LogP contribution in [0.4, 0.5) is 10.2 Å². The van der Waals surface area contributed by atoms with E-state index >= 15 is 0 Å². The third kappa shape index (κ3) is 5.38. The summed E-state index contributed by atoms with van der Waals surface area (Å²) in [4.78, 5) is 17.0. The van der Waals surface area contributed by atoms with Crippen LogP contribution in [0.1, 0.15) is 40.5 Å². The smallest absolute Gasteiger partial charge is 0.159 e. The predicted octanol–water partition coefficient (Wildman–Crippen LogP) is 5.66. The van der Waals surface area contributed by atoms with E-state index in [1.165, 1.54) is 6.33 Å². The van der Waals surface area contributed by atoms with Gasteiger partial charge in [-0.1, -0.05) is 13.8 Å². The molecule has 0 aliphatic heterocycles. The number of aromatic nitrogens is 4. The van der Waals surface area contributed by atoms with E-state index < -0.39 is 5.82 Å². The molecule has 32 heavy (non-hydrogen) atoms. The van der Waals surface area contributed by atoms with Gasteiger partial charge in [0.2, 0.25) is 0 Å². The Labute approximate surface area is 187 Å². The Balaban J connectivity index is 2.02. The maximum absolute atomic E-state index is 13.3. The van der Waals surface area contributed by atoms with Crippen LogP contribution in [0.3, 0.4) is 0 Å². The third-order valence-corrected chi connectivity index (χ3v) is 4.76. The van der Waals surface area contributed by atoms with E-state index in [9.17, 15) is 4.39 Å². The van der Waals surface area contributed by atoms with Crippen molar-refractivity contribution >= 4 is 16.7 Å². The maximum atomic E-state index is 13.3. The molecule has 0 aliphatic rings. The summed E-state index contributed by atoms with van der Waals surface area (Å²) in [6, 6.07) is 3.50. The quantitative estimate of drug-likeness (QED) is 0.433. The van der Waals surface area contributed by atoms with Crippen molar-refractivity contribution in [2.75, 3.05) is 12.4 Å². The Bertz CT molecular complexity index is 1130. The topological polar surface area (TPSA) is 82.0 Å². The van der Waals surface area contributed by atoms with Crippen molar-refractivity contribution in [3.05, 3.63) is 60.3 Å². The molecule has 168 valence electrons. The van der Waals surface area contributed by atoms with Crippen molar-refractivity contribution in [1.82, 2.24) is 19.9 Å². The average molecular weight is 438 g/mol. The zero-order valence-corrected chi connectivity index (χ0v) is 19.0. The zero-order valence-electron chi connectivity index (χ0n) is 19.0. The van der Waals surface area contributed by atoms with Crippen molar-refractivity contribution < 1.29 is 13.9 Å². The Morgan fingerprint density at radius 3 is 2.47 bits per heavy atom. The molecule has 3 aromatic rings. The number of rotatable bonds is 9. The van der Waals surface area contributed by atoms with Gasteiger partial charge < -0.3 is 14.8 Å². The van der Waals surface area contributed by atoms with Crippen LogP contribution in [0.15, 0.2) is 54.5 Å². The van der Waals surface area contributed by atoms with Crippen LogP contribution in [0.25, 0.3) is 22.3 Å². The first-order valence-electron chi connectivity index (χ1n) is 10.6. The standard InChI is InChI=1S/C24H28FN5O2/c1-6-8-15(3)32-20(9-7-2)16(4)30-24-19-10-17(23-26-12-18(25)13-27-23)11-21(31-5)22(19)28-14-29-24/h8-14,16H,6-7H2,1-5H3,(H,28,29,30)/b15-8-,20-9+. The predicted molar refractivity (Wildman–Crippen MR) is 124 cm³/mol. The molecule has 1 unspecified atom stereocenters. The van der Waals surface area contributed by atoms with Crippen molar-refractivity contribution in [2.45, 2.75) is 46.6 Å². The van der Waals surface area contributed by atoms with Gasteiger partial charge in [0.05, 0.1) is 31.3 Å². The van der Waals surface area contributed by atoms with Gasteiger partial charge in [-0.25, -0.2) is 24.3 Å². The van der Waals surface area contributed by atoms with E-state index in [0.717, 1.165) is 42.1 Å². The van der Waals surface area contributed by atoms with Crippen molar-refractivity contribution in [3.63, 3.8) is 0 Å². The van der Waals surface area contributed by atoms with Gasteiger partial charge in [0, 0.05) is 10.9 Å². The van der Waals surface area contributed by atoms with Crippen molar-refractivity contribution in [2.24, 2.45) is 0 Å². The Hall–Kier alpha value is -3.55. The number of ether oxygens (including phenoxy) is 2. The van der Waals surface area contributed by atoms with Crippen LogP contribution in [-0.2, 0) is 4.74 Å². The average Bonchev–Trinajstić information content (AvgIpc) is 2.79. The zero-order chi connectivity index (χ0) is 23.1. The molecule has 0 spiro atoms. The van der Waals surface area contributed by atoms with Gasteiger partial charge in [-0.05, 0) is 51.0 Å². The summed E-state index contributed by atoms with van der Waals surface area (Å²) >= 11 is 0. The minimum atomic E-state index is -0.497. The molecule has 0 saturated carbocycles. The second-order valence-electron chi connectivity index (χ2n) is 7.23. The number of hydrogen-bond acceptors (Lipinski definition) is 7. The lowest BCUT2D eigenvalue weighted by molar-refractivity contribution is 0.285. The molecule has 0 fully saturated rings. The highest BCUT2D eigenvalue weighted by atomic mass is 19.1. The monoisotopic (exact) mass is 437 g/mol. The molecule has 1 N–H and O–H groups in total. The minimum Gasteiger partial charge on any atom is -0.494 e. The van der Waals surface area contributed by atoms with Crippen LogP contribution < -0.4 is 10.1 Å². The molecule has 0 bridgehead atoms. The molecule has 1 aromatic carbocycles. The fourth-order valence-electron chi connectivity index (χ4n) is 3.30. The molecule has 0 aliphatic carbocycles. The Morgan fingerprint density at radius 1 is 1.09 bits per heavy atom. The molecular weight excluding hydrogens is 409 g/mol.